The number of amides is 1. The topological polar surface area (TPSA) is 94.8 Å². The van der Waals surface area contributed by atoms with Crippen molar-refractivity contribution in [2.24, 2.45) is 0 Å². The van der Waals surface area contributed by atoms with Gasteiger partial charge in [0.2, 0.25) is 23.4 Å². The molecule has 1 amide bonds. The molecule has 0 aliphatic rings. The minimum atomic E-state index is -0.948. The molecular formula is C23H31N3O5. The van der Waals surface area contributed by atoms with Gasteiger partial charge in [-0.25, -0.2) is 5.43 Å². The van der Waals surface area contributed by atoms with Crippen molar-refractivity contribution in [3.05, 3.63) is 64.6 Å². The van der Waals surface area contributed by atoms with Gasteiger partial charge in [-0.15, -0.1) is 0 Å². The van der Waals surface area contributed by atoms with Crippen LogP contribution in [0.4, 0.5) is 0 Å². The molecule has 1 unspecified atom stereocenters. The van der Waals surface area contributed by atoms with Gasteiger partial charge in [0.15, 0.2) is 5.75 Å². The molecule has 0 fully saturated rings. The minimum absolute atomic E-state index is 0.0158. The van der Waals surface area contributed by atoms with Gasteiger partial charge in [-0.05, 0) is 32.4 Å². The van der Waals surface area contributed by atoms with Gasteiger partial charge < -0.3 is 14.7 Å². The van der Waals surface area contributed by atoms with E-state index in [4.69, 9.17) is 9.47 Å². The molecule has 0 radical (unpaired) electrons. The Labute approximate surface area is 183 Å². The van der Waals surface area contributed by atoms with Crippen molar-refractivity contribution in [2.75, 3.05) is 6.54 Å². The molecule has 0 aliphatic heterocycles. The van der Waals surface area contributed by atoms with E-state index in [0.717, 1.165) is 5.56 Å². The molecule has 1 atom stereocenters. The van der Waals surface area contributed by atoms with Gasteiger partial charge in [-0.3, -0.25) is 14.6 Å². The van der Waals surface area contributed by atoms with Crippen LogP contribution in [0, 0.1) is 12.1 Å². The molecule has 0 saturated heterocycles. The summed E-state index contributed by atoms with van der Waals surface area (Å²) >= 11 is 0. The summed E-state index contributed by atoms with van der Waals surface area (Å²) in [5.74, 6) is -0.379. The summed E-state index contributed by atoms with van der Waals surface area (Å²) < 4.78 is 11.9. The second-order valence-electron chi connectivity index (χ2n) is 8.37. The molecule has 0 saturated carbocycles. The summed E-state index contributed by atoms with van der Waals surface area (Å²) in [4.78, 5) is 23.8. The number of hydrogen-bond acceptors (Lipinski definition) is 6. The van der Waals surface area contributed by atoms with Gasteiger partial charge in [0.05, 0.1) is 6.54 Å². The zero-order chi connectivity index (χ0) is 23.2. The first-order chi connectivity index (χ1) is 14.5. The Balaban J connectivity index is 2.28. The zero-order valence-electron chi connectivity index (χ0n) is 19.0. The van der Waals surface area contributed by atoms with E-state index >= 15 is 0 Å². The van der Waals surface area contributed by atoms with Crippen LogP contribution in [0.5, 0.6) is 5.75 Å². The monoisotopic (exact) mass is 429 g/mol. The van der Waals surface area contributed by atoms with E-state index in [-0.39, 0.29) is 18.1 Å². The maximum atomic E-state index is 13.0. The Hall–Kier alpha value is -3.13. The quantitative estimate of drug-likeness (QED) is 0.300. The Morgan fingerprint density at radius 1 is 1.13 bits per heavy atom. The highest BCUT2D eigenvalue weighted by molar-refractivity contribution is 5.73. The highest BCUT2D eigenvalue weighted by Gasteiger charge is 2.30. The number of pyridine rings is 1. The third-order valence-electron chi connectivity index (χ3n) is 4.38. The fourth-order valence-electron chi connectivity index (χ4n) is 2.98. The van der Waals surface area contributed by atoms with Gasteiger partial charge >= 0.3 is 5.97 Å². The summed E-state index contributed by atoms with van der Waals surface area (Å²) in [7, 11) is 0. The van der Waals surface area contributed by atoms with Crippen molar-refractivity contribution in [3.63, 3.8) is 0 Å². The van der Waals surface area contributed by atoms with Gasteiger partial charge in [-0.1, -0.05) is 30.3 Å². The molecule has 8 nitrogen and oxygen atoms in total. The molecular weight excluding hydrogens is 398 g/mol. The first-order valence-electron chi connectivity index (χ1n) is 10.1. The Kier molecular flexibility index (Phi) is 7.99. The van der Waals surface area contributed by atoms with Crippen molar-refractivity contribution in [3.8, 4) is 5.75 Å². The lowest BCUT2D eigenvalue weighted by Crippen LogP contribution is -2.53. The van der Waals surface area contributed by atoms with Crippen molar-refractivity contribution in [1.82, 2.24) is 10.4 Å². The maximum Gasteiger partial charge on any atom is 0.303 e. The summed E-state index contributed by atoms with van der Waals surface area (Å²) in [5.41, 5.74) is 4.20. The van der Waals surface area contributed by atoms with Crippen LogP contribution in [0.25, 0.3) is 0 Å². The predicted octanol–water partition coefficient (Wildman–Crippen LogP) is 2.96. The normalized spacial score (nSPS) is 12.2. The molecule has 1 heterocycles. The van der Waals surface area contributed by atoms with Gasteiger partial charge in [0.1, 0.15) is 6.61 Å². The number of nitrogens with one attached hydrogen (secondary N) is 1. The lowest BCUT2D eigenvalue weighted by atomic mass is 10.1. The Morgan fingerprint density at radius 3 is 2.32 bits per heavy atom. The highest BCUT2D eigenvalue weighted by atomic mass is 16.5. The number of benzene rings is 1. The highest BCUT2D eigenvalue weighted by Crippen LogP contribution is 2.22. The van der Waals surface area contributed by atoms with Gasteiger partial charge in [0, 0.05) is 32.4 Å². The van der Waals surface area contributed by atoms with Crippen LogP contribution >= 0.6 is 0 Å². The van der Waals surface area contributed by atoms with E-state index in [0.29, 0.717) is 22.8 Å². The summed E-state index contributed by atoms with van der Waals surface area (Å²) in [5, 5.41) is 14.3. The van der Waals surface area contributed by atoms with E-state index in [9.17, 15) is 14.8 Å². The van der Waals surface area contributed by atoms with Crippen LogP contribution in [0.1, 0.15) is 57.7 Å². The number of rotatable bonds is 8. The SMILES string of the molecule is CC(=O)OC(CN(NC(C)(C)C)C(C)=O)c1ccc(OCc2ccccc2)c(C)[n+]1[O-]. The van der Waals surface area contributed by atoms with Crippen molar-refractivity contribution < 1.29 is 23.8 Å². The third kappa shape index (κ3) is 7.25. The number of hydrogen-bond donors (Lipinski definition) is 1. The van der Waals surface area contributed by atoms with Crippen molar-refractivity contribution in [1.29, 1.82) is 0 Å². The molecule has 2 aromatic rings. The van der Waals surface area contributed by atoms with Crippen LogP contribution in [0.15, 0.2) is 42.5 Å². The average Bonchev–Trinajstić information content (AvgIpc) is 2.67. The smallest absolute Gasteiger partial charge is 0.303 e. The molecule has 0 spiro atoms. The largest absolute Gasteiger partial charge is 0.618 e. The first kappa shape index (κ1) is 24.1. The van der Waals surface area contributed by atoms with E-state index in [1.807, 2.05) is 51.1 Å². The molecule has 1 N–H and O–H groups in total. The second kappa shape index (κ2) is 10.3. The van der Waals surface area contributed by atoms with Crippen LogP contribution in [0.2, 0.25) is 0 Å². The molecule has 31 heavy (non-hydrogen) atoms. The Morgan fingerprint density at radius 2 is 1.77 bits per heavy atom. The summed E-state index contributed by atoms with van der Waals surface area (Å²) in [6, 6.07) is 12.9. The first-order valence-corrected chi connectivity index (χ1v) is 10.1. The lowest BCUT2D eigenvalue weighted by Gasteiger charge is -2.32. The van der Waals surface area contributed by atoms with Crippen LogP contribution in [-0.4, -0.2) is 29.0 Å². The standard InChI is InChI=1S/C23H31N3O5/c1-16-21(30-15-19-10-8-7-9-11-19)13-12-20(26(16)29)22(31-18(3)28)14-25(17(2)27)24-23(4,5)6/h7-13,22,24H,14-15H2,1-6H3. The number of carbonyl (C=O) groups is 2. The molecule has 0 bridgehead atoms. The van der Waals surface area contributed by atoms with Crippen LogP contribution in [0.3, 0.4) is 0 Å². The fraction of sp³-hybridized carbons (Fsp3) is 0.435. The number of aromatic nitrogens is 1. The van der Waals surface area contributed by atoms with E-state index in [1.54, 1.807) is 19.1 Å². The number of esters is 1. The van der Waals surface area contributed by atoms with E-state index < -0.39 is 17.6 Å². The van der Waals surface area contributed by atoms with Crippen LogP contribution < -0.4 is 14.9 Å². The zero-order valence-corrected chi connectivity index (χ0v) is 19.0. The summed E-state index contributed by atoms with van der Waals surface area (Å²) in [6.45, 7) is 10.3. The summed E-state index contributed by atoms with van der Waals surface area (Å²) in [6.07, 6.45) is -0.948. The molecule has 8 heteroatoms. The molecule has 2 rings (SSSR count). The number of carbonyl (C=O) groups excluding carboxylic acids is 2. The maximum absolute atomic E-state index is 13.0. The molecule has 1 aromatic heterocycles. The van der Waals surface area contributed by atoms with Gasteiger partial charge in [-0.2, -0.15) is 4.73 Å². The minimum Gasteiger partial charge on any atom is -0.618 e. The number of nitrogens with zero attached hydrogens (tertiary/aromatic N) is 2. The van der Waals surface area contributed by atoms with Crippen molar-refractivity contribution >= 4 is 11.9 Å². The van der Waals surface area contributed by atoms with Crippen LogP contribution in [-0.2, 0) is 20.9 Å². The lowest BCUT2D eigenvalue weighted by molar-refractivity contribution is -0.625. The van der Waals surface area contributed by atoms with E-state index in [1.165, 1.54) is 18.9 Å². The van der Waals surface area contributed by atoms with Crippen molar-refractivity contribution in [2.45, 2.75) is 59.8 Å². The second-order valence-corrected chi connectivity index (χ2v) is 8.37. The fourth-order valence-corrected chi connectivity index (χ4v) is 2.98. The molecule has 168 valence electrons. The predicted molar refractivity (Wildman–Crippen MR) is 116 cm³/mol. The Bertz CT molecular complexity index is 909. The van der Waals surface area contributed by atoms with Gasteiger partial charge in [0.25, 0.3) is 0 Å². The number of hydrazine groups is 1. The van der Waals surface area contributed by atoms with E-state index in [2.05, 4.69) is 5.43 Å². The third-order valence-corrected chi connectivity index (χ3v) is 4.38. The molecule has 1 aromatic carbocycles. The number of ether oxygens (including phenoxy) is 2. The molecule has 0 aliphatic carbocycles. The average molecular weight is 430 g/mol.